The van der Waals surface area contributed by atoms with E-state index in [1.165, 1.54) is 23.5 Å². The number of hydrogen-bond donors (Lipinski definition) is 1. The molecule has 0 radical (unpaired) electrons. The first-order valence-electron chi connectivity index (χ1n) is 4.51. The first-order valence-corrected chi connectivity index (χ1v) is 5.95. The third kappa shape index (κ3) is 1.70. The summed E-state index contributed by atoms with van der Waals surface area (Å²) in [6.45, 7) is 0.896. The summed E-state index contributed by atoms with van der Waals surface area (Å²) in [5.41, 5.74) is 0.459. The van der Waals surface area contributed by atoms with Gasteiger partial charge in [0.15, 0.2) is 0 Å². The molecule has 1 aromatic carbocycles. The van der Waals surface area contributed by atoms with Gasteiger partial charge in [0.2, 0.25) is 10.0 Å². The molecule has 1 aromatic rings. The minimum atomic E-state index is -3.55. The van der Waals surface area contributed by atoms with Crippen LogP contribution in [0.2, 0.25) is 0 Å². The molecule has 0 amide bonds. The van der Waals surface area contributed by atoms with E-state index < -0.39 is 15.8 Å². The van der Waals surface area contributed by atoms with Gasteiger partial charge in [-0.1, -0.05) is 0 Å². The Bertz CT molecular complexity index is 487. The number of likely N-dealkylation sites (N-methyl/N-ethyl adjacent to an activating group) is 1. The number of halogens is 1. The minimum absolute atomic E-state index is 0.00231. The number of nitrogens with zero attached hydrogens (tertiary/aromatic N) is 1. The van der Waals surface area contributed by atoms with Crippen LogP contribution in [0.25, 0.3) is 0 Å². The van der Waals surface area contributed by atoms with Crippen molar-refractivity contribution in [2.45, 2.75) is 4.90 Å². The zero-order chi connectivity index (χ0) is 11.1. The summed E-state index contributed by atoms with van der Waals surface area (Å²) in [7, 11) is -2.07. The number of fused-ring (bicyclic) bond motifs is 1. The number of nitrogens with one attached hydrogen (secondary N) is 1. The molecule has 4 nitrogen and oxygen atoms in total. The Morgan fingerprint density at radius 2 is 2.20 bits per heavy atom. The van der Waals surface area contributed by atoms with E-state index in [1.54, 1.807) is 0 Å². The normalized spacial score (nSPS) is 20.1. The molecule has 2 rings (SSSR count). The van der Waals surface area contributed by atoms with Crippen molar-refractivity contribution in [2.24, 2.45) is 0 Å². The Balaban J connectivity index is 2.66. The van der Waals surface area contributed by atoms with Crippen molar-refractivity contribution in [3.63, 3.8) is 0 Å². The van der Waals surface area contributed by atoms with Crippen molar-refractivity contribution in [1.82, 2.24) is 4.31 Å². The lowest BCUT2D eigenvalue weighted by atomic mass is 10.3. The van der Waals surface area contributed by atoms with Crippen LogP contribution in [0.5, 0.6) is 0 Å². The van der Waals surface area contributed by atoms with E-state index in [1.807, 2.05) is 0 Å². The summed E-state index contributed by atoms with van der Waals surface area (Å²) in [6, 6.07) is 3.73. The van der Waals surface area contributed by atoms with Gasteiger partial charge in [0.25, 0.3) is 0 Å². The lowest BCUT2D eigenvalue weighted by Crippen LogP contribution is -2.28. The van der Waals surface area contributed by atoms with Crippen LogP contribution in [-0.2, 0) is 10.0 Å². The number of hydrogen-bond acceptors (Lipinski definition) is 3. The van der Waals surface area contributed by atoms with E-state index >= 15 is 0 Å². The Kier molecular flexibility index (Phi) is 2.40. The Morgan fingerprint density at radius 1 is 1.47 bits per heavy atom. The third-order valence-corrected chi connectivity index (χ3v) is 4.27. The van der Waals surface area contributed by atoms with Crippen LogP contribution >= 0.6 is 0 Å². The first kappa shape index (κ1) is 10.4. The molecule has 0 atom stereocenters. The molecule has 0 fully saturated rings. The minimum Gasteiger partial charge on any atom is -0.383 e. The fraction of sp³-hybridized carbons (Fsp3) is 0.333. The summed E-state index contributed by atoms with van der Waals surface area (Å²) >= 11 is 0. The molecule has 0 saturated carbocycles. The maximum Gasteiger partial charge on any atom is 0.245 e. The standard InChI is InChI=1S/C9H11FN2O2S/c1-12-5-4-11-8-3-2-7(10)6-9(8)15(12,13)14/h2-3,6,11H,4-5H2,1H3. The van der Waals surface area contributed by atoms with Crippen molar-refractivity contribution < 1.29 is 12.8 Å². The van der Waals surface area contributed by atoms with Crippen LogP contribution in [-0.4, -0.2) is 32.9 Å². The van der Waals surface area contributed by atoms with Crippen molar-refractivity contribution in [1.29, 1.82) is 0 Å². The molecule has 15 heavy (non-hydrogen) atoms. The molecule has 0 spiro atoms. The monoisotopic (exact) mass is 230 g/mol. The molecule has 1 aliphatic heterocycles. The Morgan fingerprint density at radius 3 is 2.93 bits per heavy atom. The second-order valence-electron chi connectivity index (χ2n) is 3.39. The first-order chi connectivity index (χ1) is 7.01. The van der Waals surface area contributed by atoms with Crippen LogP contribution in [0, 0.1) is 5.82 Å². The van der Waals surface area contributed by atoms with E-state index in [4.69, 9.17) is 0 Å². The topological polar surface area (TPSA) is 49.4 Å². The number of sulfonamides is 1. The zero-order valence-corrected chi connectivity index (χ0v) is 9.01. The lowest BCUT2D eigenvalue weighted by Gasteiger charge is -2.13. The smallest absolute Gasteiger partial charge is 0.245 e. The summed E-state index contributed by atoms with van der Waals surface area (Å²) in [5.74, 6) is -0.547. The van der Waals surface area contributed by atoms with E-state index in [2.05, 4.69) is 5.32 Å². The van der Waals surface area contributed by atoms with Crippen molar-refractivity contribution >= 4 is 15.7 Å². The number of benzene rings is 1. The molecule has 0 bridgehead atoms. The van der Waals surface area contributed by atoms with Gasteiger partial charge in [0, 0.05) is 20.1 Å². The molecule has 0 unspecified atom stereocenters. The highest BCUT2D eigenvalue weighted by Gasteiger charge is 2.26. The summed E-state index contributed by atoms with van der Waals surface area (Å²) in [5, 5.41) is 2.95. The second kappa shape index (κ2) is 3.46. The van der Waals surface area contributed by atoms with E-state index in [0.29, 0.717) is 18.8 Å². The van der Waals surface area contributed by atoms with Gasteiger partial charge in [-0.05, 0) is 18.2 Å². The average molecular weight is 230 g/mol. The van der Waals surface area contributed by atoms with Crippen molar-refractivity contribution in [3.05, 3.63) is 24.0 Å². The van der Waals surface area contributed by atoms with Gasteiger partial charge in [0.05, 0.1) is 5.69 Å². The van der Waals surface area contributed by atoms with Crippen molar-refractivity contribution in [2.75, 3.05) is 25.5 Å². The lowest BCUT2D eigenvalue weighted by molar-refractivity contribution is 0.484. The third-order valence-electron chi connectivity index (χ3n) is 2.37. The molecule has 1 aliphatic rings. The van der Waals surface area contributed by atoms with Gasteiger partial charge in [0.1, 0.15) is 10.7 Å². The highest BCUT2D eigenvalue weighted by atomic mass is 32.2. The molecule has 0 saturated heterocycles. The van der Waals surface area contributed by atoms with Gasteiger partial charge in [-0.25, -0.2) is 12.8 Å². The zero-order valence-electron chi connectivity index (χ0n) is 8.20. The molecule has 6 heteroatoms. The maximum absolute atomic E-state index is 13.0. The largest absolute Gasteiger partial charge is 0.383 e. The Hall–Kier alpha value is -1.14. The summed E-state index contributed by atoms with van der Waals surface area (Å²) in [6.07, 6.45) is 0. The quantitative estimate of drug-likeness (QED) is 0.719. The van der Waals surface area contributed by atoms with Crippen LogP contribution in [0.15, 0.2) is 23.1 Å². The molecule has 82 valence electrons. The Labute approximate surface area is 87.8 Å². The van der Waals surface area contributed by atoms with Crippen LogP contribution in [0.4, 0.5) is 10.1 Å². The van der Waals surface area contributed by atoms with Crippen LogP contribution in [0.3, 0.4) is 0 Å². The van der Waals surface area contributed by atoms with E-state index in [0.717, 1.165) is 6.07 Å². The summed E-state index contributed by atoms with van der Waals surface area (Å²) < 4.78 is 38.0. The van der Waals surface area contributed by atoms with Crippen LogP contribution in [0.1, 0.15) is 0 Å². The van der Waals surface area contributed by atoms with Gasteiger partial charge in [-0.2, -0.15) is 4.31 Å². The fourth-order valence-electron chi connectivity index (χ4n) is 1.49. The highest BCUT2D eigenvalue weighted by Crippen LogP contribution is 2.26. The van der Waals surface area contributed by atoms with Gasteiger partial charge in [-0.15, -0.1) is 0 Å². The van der Waals surface area contributed by atoms with Crippen molar-refractivity contribution in [3.8, 4) is 0 Å². The second-order valence-corrected chi connectivity index (χ2v) is 5.41. The average Bonchev–Trinajstić information content (AvgIpc) is 2.28. The summed E-state index contributed by atoms with van der Waals surface area (Å²) in [4.78, 5) is 0.00231. The molecular weight excluding hydrogens is 219 g/mol. The highest BCUT2D eigenvalue weighted by molar-refractivity contribution is 7.89. The van der Waals surface area contributed by atoms with Gasteiger partial charge >= 0.3 is 0 Å². The molecular formula is C9H11FN2O2S. The van der Waals surface area contributed by atoms with E-state index in [9.17, 15) is 12.8 Å². The molecule has 0 aliphatic carbocycles. The fourth-order valence-corrected chi connectivity index (χ4v) is 2.84. The van der Waals surface area contributed by atoms with Gasteiger partial charge in [-0.3, -0.25) is 0 Å². The predicted octanol–water partition coefficient (Wildman–Crippen LogP) is 0.872. The SMILES string of the molecule is CN1CCNc2ccc(F)cc2S1(=O)=O. The van der Waals surface area contributed by atoms with Gasteiger partial charge < -0.3 is 5.32 Å². The number of rotatable bonds is 0. The maximum atomic E-state index is 13.0. The molecule has 1 N–H and O–H groups in total. The van der Waals surface area contributed by atoms with Crippen LogP contribution < -0.4 is 5.32 Å². The number of anilines is 1. The molecule has 0 aromatic heterocycles. The molecule has 1 heterocycles. The van der Waals surface area contributed by atoms with E-state index in [-0.39, 0.29) is 4.90 Å². The predicted molar refractivity (Wildman–Crippen MR) is 54.7 cm³/mol.